The fraction of sp³-hybridized carbons (Fsp3) is 1.00. The van der Waals surface area contributed by atoms with Gasteiger partial charge in [-0.2, -0.15) is 4.39 Å². The highest BCUT2D eigenvalue weighted by Crippen LogP contribution is 2.33. The Morgan fingerprint density at radius 2 is 2.17 bits per heavy atom. The fourth-order valence-corrected chi connectivity index (χ4v) is 0.214. The van der Waals surface area contributed by atoms with Gasteiger partial charge >= 0.3 is 6.04 Å². The standard InChI is InChI=1S/C3H5FO2/c1-2-3(4,5)6-2/h2,5H,1H3. The molecule has 0 aromatic rings. The van der Waals surface area contributed by atoms with Gasteiger partial charge in [-0.3, -0.25) is 0 Å². The normalized spacial score (nSPS) is 55.5. The van der Waals surface area contributed by atoms with Gasteiger partial charge in [0, 0.05) is 0 Å². The third kappa shape index (κ3) is 0.399. The van der Waals surface area contributed by atoms with E-state index < -0.39 is 12.1 Å². The van der Waals surface area contributed by atoms with E-state index in [0.29, 0.717) is 0 Å². The maximum Gasteiger partial charge on any atom is 0.345 e. The molecule has 0 radical (unpaired) electrons. The van der Waals surface area contributed by atoms with Crippen molar-refractivity contribution in [3.8, 4) is 0 Å². The van der Waals surface area contributed by atoms with E-state index in [1.807, 2.05) is 0 Å². The fourth-order valence-electron chi connectivity index (χ4n) is 0.214. The summed E-state index contributed by atoms with van der Waals surface area (Å²) in [5.41, 5.74) is 0. The molecule has 1 fully saturated rings. The molecule has 0 aromatic carbocycles. The molecule has 0 aliphatic carbocycles. The highest BCUT2D eigenvalue weighted by molar-refractivity contribution is 4.76. The van der Waals surface area contributed by atoms with E-state index in [4.69, 9.17) is 5.11 Å². The van der Waals surface area contributed by atoms with Gasteiger partial charge in [0.25, 0.3) is 0 Å². The minimum absolute atomic E-state index is 0.613. The second-order valence-corrected chi connectivity index (χ2v) is 1.37. The Morgan fingerprint density at radius 3 is 2.17 bits per heavy atom. The zero-order valence-electron chi connectivity index (χ0n) is 3.31. The van der Waals surface area contributed by atoms with Crippen molar-refractivity contribution < 1.29 is 14.2 Å². The Hall–Kier alpha value is -0.150. The average Bonchev–Trinajstić information content (AvgIpc) is 1.73. The maximum absolute atomic E-state index is 11.5. The summed E-state index contributed by atoms with van der Waals surface area (Å²) in [4.78, 5) is 0. The van der Waals surface area contributed by atoms with Gasteiger partial charge in [-0.25, -0.2) is 0 Å². The molecule has 1 heterocycles. The molecule has 36 valence electrons. The van der Waals surface area contributed by atoms with Crippen LogP contribution in [0, 0.1) is 0 Å². The third-order valence-corrected chi connectivity index (χ3v) is 0.786. The van der Waals surface area contributed by atoms with Crippen molar-refractivity contribution in [1.29, 1.82) is 0 Å². The van der Waals surface area contributed by atoms with Crippen molar-refractivity contribution in [3.63, 3.8) is 0 Å². The van der Waals surface area contributed by atoms with Crippen LogP contribution in [0.1, 0.15) is 6.92 Å². The lowest BCUT2D eigenvalue weighted by Gasteiger charge is -1.79. The first-order valence-corrected chi connectivity index (χ1v) is 1.72. The molecule has 3 heteroatoms. The molecule has 1 saturated heterocycles. The van der Waals surface area contributed by atoms with Crippen molar-refractivity contribution in [3.05, 3.63) is 0 Å². The van der Waals surface area contributed by atoms with E-state index in [-0.39, 0.29) is 0 Å². The van der Waals surface area contributed by atoms with Gasteiger partial charge in [0.15, 0.2) is 0 Å². The first kappa shape index (κ1) is 4.02. The number of rotatable bonds is 0. The summed E-state index contributed by atoms with van der Waals surface area (Å²) in [7, 11) is 0. The average molecular weight is 92.1 g/mol. The molecule has 1 aliphatic heterocycles. The molecule has 1 rings (SSSR count). The Morgan fingerprint density at radius 1 is 2.00 bits per heavy atom. The second kappa shape index (κ2) is 0.741. The SMILES string of the molecule is CC1OC1(O)F. The molecule has 1 N–H and O–H groups in total. The highest BCUT2D eigenvalue weighted by atomic mass is 19.2. The van der Waals surface area contributed by atoms with Crippen molar-refractivity contribution in [2.75, 3.05) is 0 Å². The molecule has 2 nitrogen and oxygen atoms in total. The molecular formula is C3H5FO2. The van der Waals surface area contributed by atoms with Crippen LogP contribution < -0.4 is 0 Å². The Balaban J connectivity index is 2.41. The summed E-state index contributed by atoms with van der Waals surface area (Å²) in [6.07, 6.45) is -0.613. The largest absolute Gasteiger partial charge is 0.345 e. The van der Waals surface area contributed by atoms with Crippen LogP contribution in [0.5, 0.6) is 0 Å². The lowest BCUT2D eigenvalue weighted by Crippen LogP contribution is -2.00. The Labute approximate surface area is 34.5 Å². The third-order valence-electron chi connectivity index (χ3n) is 0.786. The summed E-state index contributed by atoms with van der Waals surface area (Å²) < 4.78 is 15.5. The number of aliphatic hydroxyl groups is 1. The van der Waals surface area contributed by atoms with Crippen LogP contribution in [-0.2, 0) is 4.74 Å². The predicted molar refractivity (Wildman–Crippen MR) is 16.6 cm³/mol. The molecule has 6 heavy (non-hydrogen) atoms. The maximum atomic E-state index is 11.5. The smallest absolute Gasteiger partial charge is 0.338 e. The van der Waals surface area contributed by atoms with Gasteiger partial charge in [-0.05, 0) is 6.92 Å². The van der Waals surface area contributed by atoms with Gasteiger partial charge in [0.05, 0.1) is 0 Å². The minimum Gasteiger partial charge on any atom is -0.338 e. The van der Waals surface area contributed by atoms with Gasteiger partial charge in [-0.1, -0.05) is 0 Å². The number of epoxide rings is 1. The van der Waals surface area contributed by atoms with E-state index in [9.17, 15) is 4.39 Å². The van der Waals surface area contributed by atoms with Gasteiger partial charge in [0.2, 0.25) is 0 Å². The topological polar surface area (TPSA) is 32.8 Å². The summed E-state index contributed by atoms with van der Waals surface area (Å²) in [6, 6.07) is -2.29. The van der Waals surface area contributed by atoms with Crippen molar-refractivity contribution in [2.24, 2.45) is 0 Å². The molecule has 0 bridgehead atoms. The minimum atomic E-state index is -2.29. The summed E-state index contributed by atoms with van der Waals surface area (Å²) >= 11 is 0. The van der Waals surface area contributed by atoms with Gasteiger partial charge in [-0.15, -0.1) is 0 Å². The van der Waals surface area contributed by atoms with Crippen molar-refractivity contribution in [1.82, 2.24) is 0 Å². The van der Waals surface area contributed by atoms with Gasteiger partial charge in [0.1, 0.15) is 6.10 Å². The second-order valence-electron chi connectivity index (χ2n) is 1.37. The first-order valence-electron chi connectivity index (χ1n) is 1.72. The molecule has 2 unspecified atom stereocenters. The van der Waals surface area contributed by atoms with E-state index in [2.05, 4.69) is 4.74 Å². The lowest BCUT2D eigenvalue weighted by atomic mass is 10.5. The van der Waals surface area contributed by atoms with E-state index in [1.54, 1.807) is 0 Å². The number of alkyl halides is 1. The summed E-state index contributed by atoms with van der Waals surface area (Å²) in [5.74, 6) is 0. The Bertz CT molecular complexity index is 71.2. The molecule has 0 aromatic heterocycles. The molecule has 0 amide bonds. The first-order chi connectivity index (χ1) is 2.63. The quantitative estimate of drug-likeness (QED) is 0.427. The summed E-state index contributed by atoms with van der Waals surface area (Å²) in [6.45, 7) is 1.46. The number of hydrogen-bond acceptors (Lipinski definition) is 2. The van der Waals surface area contributed by atoms with Crippen LogP contribution in [0.25, 0.3) is 0 Å². The van der Waals surface area contributed by atoms with Crippen LogP contribution in [-0.4, -0.2) is 17.3 Å². The zero-order valence-corrected chi connectivity index (χ0v) is 3.31. The Kier molecular flexibility index (Phi) is 0.497. The van der Waals surface area contributed by atoms with Crippen LogP contribution in [0.3, 0.4) is 0 Å². The van der Waals surface area contributed by atoms with Crippen LogP contribution in [0.4, 0.5) is 4.39 Å². The molecule has 0 spiro atoms. The van der Waals surface area contributed by atoms with Crippen molar-refractivity contribution >= 4 is 0 Å². The highest BCUT2D eigenvalue weighted by Gasteiger charge is 2.53. The van der Waals surface area contributed by atoms with E-state index >= 15 is 0 Å². The van der Waals surface area contributed by atoms with Crippen LogP contribution in [0.2, 0.25) is 0 Å². The van der Waals surface area contributed by atoms with Gasteiger partial charge < -0.3 is 9.84 Å². The molecule has 0 saturated carbocycles. The lowest BCUT2D eigenvalue weighted by molar-refractivity contribution is -0.0809. The van der Waals surface area contributed by atoms with Crippen LogP contribution >= 0.6 is 0 Å². The predicted octanol–water partition coefficient (Wildman–Crippen LogP) is 0.0207. The van der Waals surface area contributed by atoms with Crippen molar-refractivity contribution in [2.45, 2.75) is 19.1 Å². The zero-order chi connectivity index (χ0) is 4.78. The molecular weight excluding hydrogens is 87.0 g/mol. The number of hydrogen-bond donors (Lipinski definition) is 1. The van der Waals surface area contributed by atoms with E-state index in [1.165, 1.54) is 6.92 Å². The van der Waals surface area contributed by atoms with Crippen LogP contribution in [0.15, 0.2) is 0 Å². The molecule has 2 atom stereocenters. The van der Waals surface area contributed by atoms with E-state index in [0.717, 1.165) is 0 Å². The number of ether oxygens (including phenoxy) is 1. The number of halogens is 1. The monoisotopic (exact) mass is 92.0 g/mol. The summed E-state index contributed by atoms with van der Waals surface area (Å²) in [5, 5.41) is 8.01. The molecule has 1 aliphatic rings.